The normalized spacial score (nSPS) is 16.3. The lowest BCUT2D eigenvalue weighted by Crippen LogP contribution is -2.28. The van der Waals surface area contributed by atoms with Gasteiger partial charge in [0.05, 0.1) is 23.2 Å². The van der Waals surface area contributed by atoms with Crippen molar-refractivity contribution in [2.45, 2.75) is 49.7 Å². The predicted octanol–water partition coefficient (Wildman–Crippen LogP) is 4.34. The standard InChI is InChI=1S/C22H23N5OS/c28-21(15-29-22-23-24-25-27(22)18-9-3-4-10-18)26-19-11-5-1-7-16(19)13-14-17-8-2-6-12-20(17)26/h1-2,5-8,11-12,18H,3-4,9-10,13-15H2. The maximum atomic E-state index is 13.4. The molecule has 3 aromatic rings. The highest BCUT2D eigenvalue weighted by Gasteiger charge is 2.27. The van der Waals surface area contributed by atoms with Gasteiger partial charge in [-0.05, 0) is 59.4 Å². The first kappa shape index (κ1) is 18.4. The van der Waals surface area contributed by atoms with E-state index in [9.17, 15) is 4.79 Å². The van der Waals surface area contributed by atoms with E-state index in [2.05, 4.69) is 27.7 Å². The minimum absolute atomic E-state index is 0.0535. The summed E-state index contributed by atoms with van der Waals surface area (Å²) >= 11 is 1.43. The van der Waals surface area contributed by atoms with Crippen molar-refractivity contribution in [3.8, 4) is 0 Å². The topological polar surface area (TPSA) is 63.9 Å². The van der Waals surface area contributed by atoms with Crippen LogP contribution in [0.15, 0.2) is 53.7 Å². The summed E-state index contributed by atoms with van der Waals surface area (Å²) in [5.41, 5.74) is 4.38. The van der Waals surface area contributed by atoms with E-state index in [0.29, 0.717) is 11.8 Å². The van der Waals surface area contributed by atoms with Crippen molar-refractivity contribution in [2.75, 3.05) is 10.7 Å². The number of rotatable bonds is 4. The van der Waals surface area contributed by atoms with Crippen molar-refractivity contribution in [2.24, 2.45) is 0 Å². The molecular formula is C22H23N5OS. The Morgan fingerprint density at radius 3 is 2.24 bits per heavy atom. The molecule has 0 radical (unpaired) electrons. The van der Waals surface area contributed by atoms with Crippen LogP contribution in [0.2, 0.25) is 0 Å². The molecule has 2 heterocycles. The lowest BCUT2D eigenvalue weighted by Gasteiger charge is -2.25. The van der Waals surface area contributed by atoms with Gasteiger partial charge >= 0.3 is 0 Å². The van der Waals surface area contributed by atoms with E-state index in [4.69, 9.17) is 0 Å². The second-order valence-electron chi connectivity index (χ2n) is 7.62. The van der Waals surface area contributed by atoms with Crippen molar-refractivity contribution in [3.63, 3.8) is 0 Å². The molecule has 1 fully saturated rings. The Morgan fingerprint density at radius 1 is 0.966 bits per heavy atom. The Hall–Kier alpha value is -2.67. The highest BCUT2D eigenvalue weighted by Crippen LogP contribution is 2.37. The number of anilines is 2. The van der Waals surface area contributed by atoms with Crippen LogP contribution in [0.3, 0.4) is 0 Å². The van der Waals surface area contributed by atoms with Crippen molar-refractivity contribution < 1.29 is 4.79 Å². The maximum Gasteiger partial charge on any atom is 0.242 e. The SMILES string of the molecule is O=C(CSc1nnnn1C1CCCC1)N1c2ccccc2CCc2ccccc21. The summed E-state index contributed by atoms with van der Waals surface area (Å²) in [4.78, 5) is 15.3. The van der Waals surface area contributed by atoms with Gasteiger partial charge in [-0.1, -0.05) is 61.0 Å². The molecule has 1 aliphatic heterocycles. The van der Waals surface area contributed by atoms with E-state index in [-0.39, 0.29) is 5.91 Å². The maximum absolute atomic E-state index is 13.4. The lowest BCUT2D eigenvalue weighted by molar-refractivity contribution is -0.115. The van der Waals surface area contributed by atoms with Crippen LogP contribution in [-0.2, 0) is 17.6 Å². The van der Waals surface area contributed by atoms with Crippen molar-refractivity contribution >= 4 is 29.0 Å². The fraction of sp³-hybridized carbons (Fsp3) is 0.364. The monoisotopic (exact) mass is 405 g/mol. The van der Waals surface area contributed by atoms with Gasteiger partial charge in [-0.15, -0.1) is 5.10 Å². The van der Waals surface area contributed by atoms with Crippen molar-refractivity contribution in [1.82, 2.24) is 20.2 Å². The van der Waals surface area contributed by atoms with Crippen molar-refractivity contribution in [3.05, 3.63) is 59.7 Å². The van der Waals surface area contributed by atoms with Gasteiger partial charge in [0.25, 0.3) is 0 Å². The molecule has 5 rings (SSSR count). The molecule has 2 aromatic carbocycles. The van der Waals surface area contributed by atoms with Gasteiger partial charge < -0.3 is 0 Å². The largest absolute Gasteiger partial charge is 0.280 e. The van der Waals surface area contributed by atoms with E-state index < -0.39 is 0 Å². The molecule has 1 amide bonds. The van der Waals surface area contributed by atoms with Crippen LogP contribution in [0.25, 0.3) is 0 Å². The fourth-order valence-electron chi connectivity index (χ4n) is 4.40. The minimum atomic E-state index is 0.0535. The first-order chi connectivity index (χ1) is 14.3. The first-order valence-electron chi connectivity index (χ1n) is 10.2. The Labute approximate surface area is 174 Å². The van der Waals surface area contributed by atoms with Crippen LogP contribution in [0.1, 0.15) is 42.9 Å². The van der Waals surface area contributed by atoms with E-state index in [0.717, 1.165) is 42.2 Å². The first-order valence-corrected chi connectivity index (χ1v) is 11.2. The molecule has 2 aliphatic rings. The summed E-state index contributed by atoms with van der Waals surface area (Å²) in [7, 11) is 0. The van der Waals surface area contributed by atoms with Gasteiger partial charge in [0, 0.05) is 0 Å². The summed E-state index contributed by atoms with van der Waals surface area (Å²) in [6, 6.07) is 16.8. The Bertz CT molecular complexity index is 980. The number of nitrogens with zero attached hydrogens (tertiary/aromatic N) is 5. The number of hydrogen-bond donors (Lipinski definition) is 0. The van der Waals surface area contributed by atoms with Crippen LogP contribution in [0, 0.1) is 0 Å². The van der Waals surface area contributed by atoms with Crippen molar-refractivity contribution in [1.29, 1.82) is 0 Å². The Kier molecular flexibility index (Phi) is 5.06. The van der Waals surface area contributed by atoms with Crippen LogP contribution in [0.4, 0.5) is 11.4 Å². The van der Waals surface area contributed by atoms with Gasteiger partial charge in [0.1, 0.15) is 0 Å². The second kappa shape index (κ2) is 7.99. The molecule has 0 bridgehead atoms. The molecule has 1 saturated carbocycles. The zero-order valence-electron chi connectivity index (χ0n) is 16.2. The average Bonchev–Trinajstić information content (AvgIpc) is 3.41. The number of benzene rings is 2. The fourth-order valence-corrected chi connectivity index (χ4v) is 5.19. The summed E-state index contributed by atoms with van der Waals surface area (Å²) < 4.78 is 1.91. The smallest absolute Gasteiger partial charge is 0.242 e. The molecule has 0 N–H and O–H groups in total. The van der Waals surface area contributed by atoms with Crippen LogP contribution in [0.5, 0.6) is 0 Å². The molecule has 0 saturated heterocycles. The highest BCUT2D eigenvalue weighted by molar-refractivity contribution is 7.99. The third-order valence-corrected chi connectivity index (χ3v) is 6.75. The number of fused-ring (bicyclic) bond motifs is 2. The number of aromatic nitrogens is 4. The van der Waals surface area contributed by atoms with Gasteiger partial charge in [0.2, 0.25) is 11.1 Å². The van der Waals surface area contributed by atoms with Gasteiger partial charge in [-0.25, -0.2) is 4.68 Å². The quantitative estimate of drug-likeness (QED) is 0.604. The number of thioether (sulfide) groups is 1. The van der Waals surface area contributed by atoms with E-state index in [1.54, 1.807) is 0 Å². The number of carbonyl (C=O) groups is 1. The summed E-state index contributed by atoms with van der Waals surface area (Å²) in [5.74, 6) is 0.355. The zero-order chi connectivity index (χ0) is 19.6. The number of para-hydroxylation sites is 2. The average molecular weight is 406 g/mol. The van der Waals surface area contributed by atoms with Crippen LogP contribution < -0.4 is 4.90 Å². The molecule has 0 atom stereocenters. The molecule has 148 valence electrons. The molecule has 6 nitrogen and oxygen atoms in total. The molecule has 29 heavy (non-hydrogen) atoms. The van der Waals surface area contributed by atoms with E-state index in [1.165, 1.54) is 35.7 Å². The van der Waals surface area contributed by atoms with Gasteiger partial charge in [-0.2, -0.15) is 0 Å². The van der Waals surface area contributed by atoms with Crippen LogP contribution in [-0.4, -0.2) is 31.9 Å². The Morgan fingerprint density at radius 2 is 1.59 bits per heavy atom. The molecule has 0 spiro atoms. The molecule has 1 aliphatic carbocycles. The van der Waals surface area contributed by atoms with Gasteiger partial charge in [-0.3, -0.25) is 9.69 Å². The zero-order valence-corrected chi connectivity index (χ0v) is 17.0. The highest BCUT2D eigenvalue weighted by atomic mass is 32.2. The third kappa shape index (κ3) is 3.55. The van der Waals surface area contributed by atoms with E-state index >= 15 is 0 Å². The Balaban J connectivity index is 1.42. The predicted molar refractivity (Wildman–Crippen MR) is 113 cm³/mol. The molecule has 7 heteroatoms. The lowest BCUT2D eigenvalue weighted by atomic mass is 10.0. The second-order valence-corrected chi connectivity index (χ2v) is 8.56. The van der Waals surface area contributed by atoms with Crippen LogP contribution >= 0.6 is 11.8 Å². The summed E-state index contributed by atoms with van der Waals surface area (Å²) in [6.07, 6.45) is 6.52. The van der Waals surface area contributed by atoms with E-state index in [1.807, 2.05) is 46.0 Å². The summed E-state index contributed by atoms with van der Waals surface area (Å²) in [6.45, 7) is 0. The number of tetrazole rings is 1. The molecule has 0 unspecified atom stereocenters. The number of amides is 1. The minimum Gasteiger partial charge on any atom is -0.280 e. The number of carbonyl (C=O) groups excluding carboxylic acids is 1. The van der Waals surface area contributed by atoms with Gasteiger partial charge in [0.15, 0.2) is 0 Å². The summed E-state index contributed by atoms with van der Waals surface area (Å²) in [5, 5.41) is 13.0. The molecular weight excluding hydrogens is 382 g/mol. The number of hydrogen-bond acceptors (Lipinski definition) is 5. The third-order valence-electron chi connectivity index (χ3n) is 5.84. The molecule has 1 aromatic heterocycles. The number of aryl methyl sites for hydroxylation is 2.